The van der Waals surface area contributed by atoms with Crippen molar-refractivity contribution in [2.45, 2.75) is 69.5 Å². The van der Waals surface area contributed by atoms with Crippen LogP contribution in [0.4, 0.5) is 0 Å². The van der Waals surface area contributed by atoms with Gasteiger partial charge in [-0.1, -0.05) is 39.0 Å². The molecule has 1 spiro atoms. The molecule has 1 aliphatic heterocycles. The zero-order valence-electron chi connectivity index (χ0n) is 10.4. The lowest BCUT2D eigenvalue weighted by molar-refractivity contribution is -0.147. The molecule has 0 aromatic heterocycles. The summed E-state index contributed by atoms with van der Waals surface area (Å²) < 4.78 is 10.8. The van der Waals surface area contributed by atoms with Gasteiger partial charge < -0.3 is 9.47 Å². The van der Waals surface area contributed by atoms with E-state index in [0.717, 1.165) is 19.3 Å². The number of epoxide rings is 1. The maximum absolute atomic E-state index is 11.9. The number of hydrogen-bond acceptors (Lipinski definition) is 3. The molecule has 1 saturated carbocycles. The monoisotopic (exact) mass is 226 g/mol. The van der Waals surface area contributed by atoms with Crippen molar-refractivity contribution in [3.63, 3.8) is 0 Å². The topological polar surface area (TPSA) is 38.8 Å². The summed E-state index contributed by atoms with van der Waals surface area (Å²) in [4.78, 5) is 11.9. The van der Waals surface area contributed by atoms with E-state index in [1.54, 1.807) is 0 Å². The first-order chi connectivity index (χ1) is 7.71. The average molecular weight is 226 g/mol. The fraction of sp³-hybridized carbons (Fsp3) is 0.923. The minimum Gasteiger partial charge on any atom is -0.467 e. The molecular formula is C13H22O3. The van der Waals surface area contributed by atoms with Crippen LogP contribution in [0.15, 0.2) is 0 Å². The number of carbonyl (C=O) groups excluding carboxylic acids is 1. The van der Waals surface area contributed by atoms with Crippen molar-refractivity contribution in [3.8, 4) is 0 Å². The van der Waals surface area contributed by atoms with E-state index < -0.39 is 5.60 Å². The van der Waals surface area contributed by atoms with E-state index in [1.165, 1.54) is 39.2 Å². The Morgan fingerprint density at radius 3 is 2.25 bits per heavy atom. The Hall–Kier alpha value is -0.570. The maximum Gasteiger partial charge on any atom is 0.341 e. The van der Waals surface area contributed by atoms with Gasteiger partial charge in [-0.25, -0.2) is 4.79 Å². The van der Waals surface area contributed by atoms with E-state index in [9.17, 15) is 4.79 Å². The molecule has 0 aromatic rings. The van der Waals surface area contributed by atoms with Crippen molar-refractivity contribution in [2.24, 2.45) is 0 Å². The van der Waals surface area contributed by atoms with Gasteiger partial charge in [0.05, 0.1) is 7.11 Å². The average Bonchev–Trinajstić information content (AvgIpc) is 2.94. The van der Waals surface area contributed by atoms with Crippen molar-refractivity contribution in [1.29, 1.82) is 0 Å². The van der Waals surface area contributed by atoms with E-state index in [0.29, 0.717) is 0 Å². The summed E-state index contributed by atoms with van der Waals surface area (Å²) in [6.07, 6.45) is 9.01. The Kier molecular flexibility index (Phi) is 3.24. The predicted molar refractivity (Wildman–Crippen MR) is 61.2 cm³/mol. The number of hydrogen-bond donors (Lipinski definition) is 0. The molecule has 0 aromatic carbocycles. The fourth-order valence-electron chi connectivity index (χ4n) is 3.22. The number of rotatable bonds is 2. The van der Waals surface area contributed by atoms with Gasteiger partial charge in [-0.2, -0.15) is 0 Å². The molecule has 0 amide bonds. The van der Waals surface area contributed by atoms with E-state index in [-0.39, 0.29) is 11.6 Å². The molecule has 2 rings (SSSR count). The second-order valence-electron chi connectivity index (χ2n) is 5.04. The van der Waals surface area contributed by atoms with Gasteiger partial charge in [-0.15, -0.1) is 0 Å². The predicted octanol–water partition coefficient (Wildman–Crippen LogP) is 2.82. The quantitative estimate of drug-likeness (QED) is 0.537. The molecule has 92 valence electrons. The Morgan fingerprint density at radius 1 is 1.19 bits per heavy atom. The molecule has 3 heteroatoms. The van der Waals surface area contributed by atoms with Crippen LogP contribution in [0.1, 0.15) is 58.3 Å². The van der Waals surface area contributed by atoms with Crippen LogP contribution in [-0.2, 0) is 14.3 Å². The first-order valence-corrected chi connectivity index (χ1v) is 6.49. The summed E-state index contributed by atoms with van der Waals surface area (Å²) in [5, 5.41) is 0. The summed E-state index contributed by atoms with van der Waals surface area (Å²) in [5.41, 5.74) is -0.797. The first-order valence-electron chi connectivity index (χ1n) is 6.49. The van der Waals surface area contributed by atoms with Crippen LogP contribution in [0.25, 0.3) is 0 Å². The standard InChI is InChI=1S/C13H22O3/c1-3-13(11(14)15-2)12(16-13)9-7-5-4-6-8-10-12/h3-10H2,1-2H3. The molecule has 1 atom stereocenters. The largest absolute Gasteiger partial charge is 0.467 e. The third-order valence-corrected chi connectivity index (χ3v) is 4.24. The molecule has 0 radical (unpaired) electrons. The lowest BCUT2D eigenvalue weighted by atomic mass is 9.80. The minimum absolute atomic E-state index is 0.171. The van der Waals surface area contributed by atoms with Gasteiger partial charge in [0.15, 0.2) is 5.60 Å². The van der Waals surface area contributed by atoms with E-state index in [2.05, 4.69) is 0 Å². The molecule has 16 heavy (non-hydrogen) atoms. The zero-order valence-corrected chi connectivity index (χ0v) is 10.4. The molecule has 1 saturated heterocycles. The van der Waals surface area contributed by atoms with Crippen molar-refractivity contribution in [1.82, 2.24) is 0 Å². The molecule has 2 aliphatic rings. The van der Waals surface area contributed by atoms with Crippen LogP contribution in [0.3, 0.4) is 0 Å². The summed E-state index contributed by atoms with van der Waals surface area (Å²) >= 11 is 0. The summed E-state index contributed by atoms with van der Waals surface area (Å²) in [6, 6.07) is 0. The molecule has 2 fully saturated rings. The van der Waals surface area contributed by atoms with Gasteiger partial charge in [0.2, 0.25) is 0 Å². The summed E-state index contributed by atoms with van der Waals surface area (Å²) in [6.45, 7) is 2.02. The first kappa shape index (κ1) is 11.9. The zero-order chi connectivity index (χ0) is 11.6. The number of carbonyl (C=O) groups is 1. The Labute approximate surface area is 97.5 Å². The SMILES string of the molecule is CCC1(C(=O)OC)OC12CCCCCCC2. The van der Waals surface area contributed by atoms with Gasteiger partial charge in [-0.05, 0) is 19.3 Å². The second kappa shape index (κ2) is 4.36. The third kappa shape index (κ3) is 1.65. The molecular weight excluding hydrogens is 204 g/mol. The highest BCUT2D eigenvalue weighted by Crippen LogP contribution is 2.57. The summed E-state index contributed by atoms with van der Waals surface area (Å²) in [7, 11) is 1.46. The molecule has 1 unspecified atom stereocenters. The van der Waals surface area contributed by atoms with Crippen LogP contribution in [0.5, 0.6) is 0 Å². The third-order valence-electron chi connectivity index (χ3n) is 4.24. The minimum atomic E-state index is -0.612. The van der Waals surface area contributed by atoms with E-state index in [1.807, 2.05) is 6.92 Å². The highest BCUT2D eigenvalue weighted by atomic mass is 16.7. The van der Waals surface area contributed by atoms with Crippen LogP contribution in [0.2, 0.25) is 0 Å². The van der Waals surface area contributed by atoms with Crippen LogP contribution in [-0.4, -0.2) is 24.3 Å². The maximum atomic E-state index is 11.9. The van der Waals surface area contributed by atoms with Crippen LogP contribution >= 0.6 is 0 Å². The number of esters is 1. The highest BCUT2D eigenvalue weighted by Gasteiger charge is 2.73. The van der Waals surface area contributed by atoms with Crippen LogP contribution < -0.4 is 0 Å². The molecule has 0 bridgehead atoms. The van der Waals surface area contributed by atoms with Crippen molar-refractivity contribution < 1.29 is 14.3 Å². The molecule has 1 aliphatic carbocycles. The smallest absolute Gasteiger partial charge is 0.341 e. The Morgan fingerprint density at radius 2 is 1.75 bits per heavy atom. The van der Waals surface area contributed by atoms with Crippen molar-refractivity contribution in [2.75, 3.05) is 7.11 Å². The van der Waals surface area contributed by atoms with Gasteiger partial charge >= 0.3 is 5.97 Å². The van der Waals surface area contributed by atoms with Crippen molar-refractivity contribution in [3.05, 3.63) is 0 Å². The Bertz CT molecular complexity index is 266. The lowest BCUT2D eigenvalue weighted by Crippen LogP contribution is -2.35. The molecule has 3 nitrogen and oxygen atoms in total. The molecule has 1 heterocycles. The van der Waals surface area contributed by atoms with Gasteiger partial charge in [0.25, 0.3) is 0 Å². The number of ether oxygens (including phenoxy) is 2. The van der Waals surface area contributed by atoms with Crippen LogP contribution in [0, 0.1) is 0 Å². The lowest BCUT2D eigenvalue weighted by Gasteiger charge is -2.19. The van der Waals surface area contributed by atoms with Gasteiger partial charge in [0, 0.05) is 0 Å². The summed E-state index contributed by atoms with van der Waals surface area (Å²) in [5.74, 6) is -0.171. The van der Waals surface area contributed by atoms with Gasteiger partial charge in [0.1, 0.15) is 5.60 Å². The Balaban J connectivity index is 2.10. The van der Waals surface area contributed by atoms with Crippen molar-refractivity contribution >= 4 is 5.97 Å². The number of methoxy groups -OCH3 is 1. The molecule has 0 N–H and O–H groups in total. The second-order valence-corrected chi connectivity index (χ2v) is 5.04. The van der Waals surface area contributed by atoms with E-state index >= 15 is 0 Å². The normalized spacial score (nSPS) is 32.9. The van der Waals surface area contributed by atoms with E-state index in [4.69, 9.17) is 9.47 Å². The fourth-order valence-corrected chi connectivity index (χ4v) is 3.22. The van der Waals surface area contributed by atoms with Gasteiger partial charge in [-0.3, -0.25) is 0 Å². The highest BCUT2D eigenvalue weighted by molar-refractivity contribution is 5.84.